The van der Waals surface area contributed by atoms with E-state index in [2.05, 4.69) is 26.3 Å². The molecule has 0 atom stereocenters. The van der Waals surface area contributed by atoms with Gasteiger partial charge in [-0.1, -0.05) is 26.3 Å². The third kappa shape index (κ3) is 7.63. The molecule has 9 nitrogen and oxygen atoms in total. The van der Waals surface area contributed by atoms with Gasteiger partial charge in [-0.2, -0.15) is 0 Å². The number of ketones is 1. The number of benzene rings is 2. The van der Waals surface area contributed by atoms with E-state index in [-0.39, 0.29) is 34.1 Å². The summed E-state index contributed by atoms with van der Waals surface area (Å²) < 4.78 is 20.3. The maximum absolute atomic E-state index is 12.9. The molecule has 0 bridgehead atoms. The summed E-state index contributed by atoms with van der Waals surface area (Å²) in [6.07, 6.45) is 6.19. The first kappa shape index (κ1) is 26.9. The summed E-state index contributed by atoms with van der Waals surface area (Å²) in [4.78, 5) is 59.3. The summed E-state index contributed by atoms with van der Waals surface area (Å²) >= 11 is 0. The first-order chi connectivity index (χ1) is 17.2. The molecule has 0 saturated carbocycles. The number of carbonyl (C=O) groups is 5. The molecule has 0 aliphatic carbocycles. The second-order valence-electron chi connectivity index (χ2n) is 6.56. The Bertz CT molecular complexity index is 1300. The van der Waals surface area contributed by atoms with E-state index < -0.39 is 29.7 Å². The molecule has 0 heterocycles. The monoisotopic (exact) mass is 488 g/mol. The lowest BCUT2D eigenvalue weighted by Crippen LogP contribution is -2.09. The number of allylic oxidation sites excluding steroid dienone is 1. The summed E-state index contributed by atoms with van der Waals surface area (Å²) in [7, 11) is 0. The van der Waals surface area contributed by atoms with Gasteiger partial charge in [0.2, 0.25) is 0 Å². The molecule has 0 fully saturated rings. The van der Waals surface area contributed by atoms with Crippen molar-refractivity contribution in [3.8, 4) is 23.0 Å². The minimum absolute atomic E-state index is 0.00979. The molecule has 0 radical (unpaired) electrons. The van der Waals surface area contributed by atoms with Gasteiger partial charge in [-0.15, -0.1) is 0 Å². The average molecular weight is 488 g/mol. The van der Waals surface area contributed by atoms with E-state index in [0.29, 0.717) is 0 Å². The van der Waals surface area contributed by atoms with Crippen molar-refractivity contribution in [2.75, 3.05) is 0 Å². The molecular weight excluding hydrogens is 468 g/mol. The van der Waals surface area contributed by atoms with Crippen LogP contribution in [0.3, 0.4) is 0 Å². The largest absolute Gasteiger partial charge is 0.423 e. The number of esters is 4. The fraction of sp³-hybridized carbons (Fsp3) is 0. The van der Waals surface area contributed by atoms with Gasteiger partial charge in [0.25, 0.3) is 0 Å². The van der Waals surface area contributed by atoms with E-state index >= 15 is 0 Å². The van der Waals surface area contributed by atoms with Crippen molar-refractivity contribution < 1.29 is 42.9 Å². The van der Waals surface area contributed by atoms with E-state index in [1.54, 1.807) is 0 Å². The number of ether oxygens (including phenoxy) is 4. The molecule has 0 spiro atoms. The van der Waals surface area contributed by atoms with Crippen molar-refractivity contribution in [1.29, 1.82) is 0 Å². The van der Waals surface area contributed by atoms with Gasteiger partial charge in [0.15, 0.2) is 5.78 Å². The number of hydrogen-bond acceptors (Lipinski definition) is 9. The van der Waals surface area contributed by atoms with Crippen LogP contribution in [0.4, 0.5) is 0 Å². The number of hydrogen-bond donors (Lipinski definition) is 0. The molecule has 0 N–H and O–H groups in total. The summed E-state index contributed by atoms with van der Waals surface area (Å²) in [5, 5.41) is 0. The third-order valence-electron chi connectivity index (χ3n) is 4.14. The molecule has 2 aromatic rings. The summed E-state index contributed by atoms with van der Waals surface area (Å²) in [6, 6.07) is 7.93. The standard InChI is InChI=1S/C27H20O9/c1-5-24(29)33-18-11-9-17(22(15-18)35-26(31)7-3)10-14-21(28)20-13-12-19(34-25(30)6-2)16-23(20)36-27(32)8-4/h5-16H,1-4H2/b14-10+. The number of carbonyl (C=O) groups excluding carboxylic acids is 5. The summed E-state index contributed by atoms with van der Waals surface area (Å²) in [5.74, 6) is -3.84. The second-order valence-corrected chi connectivity index (χ2v) is 6.56. The smallest absolute Gasteiger partial charge is 0.335 e. The van der Waals surface area contributed by atoms with Crippen LogP contribution in [-0.4, -0.2) is 29.7 Å². The van der Waals surface area contributed by atoms with Crippen LogP contribution >= 0.6 is 0 Å². The minimum atomic E-state index is -0.844. The molecule has 9 heteroatoms. The first-order valence-corrected chi connectivity index (χ1v) is 10.1. The second kappa shape index (κ2) is 12.8. The van der Waals surface area contributed by atoms with Crippen LogP contribution in [0.5, 0.6) is 23.0 Å². The minimum Gasteiger partial charge on any atom is -0.423 e. The van der Waals surface area contributed by atoms with Gasteiger partial charge in [-0.05, 0) is 36.4 Å². The van der Waals surface area contributed by atoms with Crippen LogP contribution < -0.4 is 18.9 Å². The normalized spacial score (nSPS) is 10.0. The Morgan fingerprint density at radius 2 is 1.03 bits per heavy atom. The van der Waals surface area contributed by atoms with E-state index in [4.69, 9.17) is 18.9 Å². The highest BCUT2D eigenvalue weighted by atomic mass is 16.6. The van der Waals surface area contributed by atoms with Crippen molar-refractivity contribution in [2.45, 2.75) is 0 Å². The highest BCUT2D eigenvalue weighted by molar-refractivity contribution is 6.09. The Hall–Kier alpha value is -5.31. The predicted molar refractivity (Wildman–Crippen MR) is 130 cm³/mol. The molecular formula is C27H20O9. The van der Waals surface area contributed by atoms with E-state index in [0.717, 1.165) is 30.4 Å². The zero-order chi connectivity index (χ0) is 26.7. The van der Waals surface area contributed by atoms with E-state index in [1.807, 2.05) is 0 Å². The van der Waals surface area contributed by atoms with Gasteiger partial charge in [0.1, 0.15) is 23.0 Å². The van der Waals surface area contributed by atoms with Gasteiger partial charge in [0.05, 0.1) is 5.56 Å². The zero-order valence-electron chi connectivity index (χ0n) is 18.9. The van der Waals surface area contributed by atoms with Crippen molar-refractivity contribution >= 4 is 35.7 Å². The fourth-order valence-corrected chi connectivity index (χ4v) is 2.53. The van der Waals surface area contributed by atoms with Crippen LogP contribution in [0.1, 0.15) is 15.9 Å². The molecule has 182 valence electrons. The Morgan fingerprint density at radius 3 is 1.56 bits per heavy atom. The molecule has 2 rings (SSSR count). The predicted octanol–water partition coefficient (Wildman–Crippen LogP) is 3.95. The Morgan fingerprint density at radius 1 is 0.583 bits per heavy atom. The van der Waals surface area contributed by atoms with Gasteiger partial charge >= 0.3 is 23.9 Å². The average Bonchev–Trinajstić information content (AvgIpc) is 2.87. The van der Waals surface area contributed by atoms with Crippen molar-refractivity contribution in [3.63, 3.8) is 0 Å². The van der Waals surface area contributed by atoms with Gasteiger partial charge in [-0.25, -0.2) is 19.2 Å². The van der Waals surface area contributed by atoms with E-state index in [9.17, 15) is 24.0 Å². The van der Waals surface area contributed by atoms with Crippen LogP contribution in [-0.2, 0) is 19.2 Å². The first-order valence-electron chi connectivity index (χ1n) is 10.1. The van der Waals surface area contributed by atoms with Crippen LogP contribution in [0.25, 0.3) is 6.08 Å². The highest BCUT2D eigenvalue weighted by Gasteiger charge is 2.16. The fourth-order valence-electron chi connectivity index (χ4n) is 2.53. The lowest BCUT2D eigenvalue weighted by atomic mass is 10.1. The van der Waals surface area contributed by atoms with Crippen molar-refractivity contribution in [1.82, 2.24) is 0 Å². The summed E-state index contributed by atoms with van der Waals surface area (Å²) in [5.41, 5.74) is 0.235. The molecule has 0 amide bonds. The molecule has 0 saturated heterocycles. The lowest BCUT2D eigenvalue weighted by molar-refractivity contribution is -0.130. The molecule has 0 aliphatic rings. The van der Waals surface area contributed by atoms with Crippen LogP contribution in [0, 0.1) is 0 Å². The topological polar surface area (TPSA) is 122 Å². The van der Waals surface area contributed by atoms with Gasteiger partial charge < -0.3 is 18.9 Å². The molecule has 0 aromatic heterocycles. The lowest BCUT2D eigenvalue weighted by Gasteiger charge is -2.10. The van der Waals surface area contributed by atoms with Crippen molar-refractivity contribution in [3.05, 3.63) is 104 Å². The Labute approximate surface area is 206 Å². The Kier molecular flexibility index (Phi) is 9.58. The molecule has 0 aliphatic heterocycles. The van der Waals surface area contributed by atoms with E-state index in [1.165, 1.54) is 42.5 Å². The molecule has 36 heavy (non-hydrogen) atoms. The Balaban J connectivity index is 2.42. The van der Waals surface area contributed by atoms with Gasteiger partial charge in [0, 0.05) is 42.0 Å². The van der Waals surface area contributed by atoms with Gasteiger partial charge in [-0.3, -0.25) is 4.79 Å². The zero-order valence-corrected chi connectivity index (χ0v) is 18.9. The van der Waals surface area contributed by atoms with Crippen LogP contribution in [0.15, 0.2) is 93.1 Å². The maximum Gasteiger partial charge on any atom is 0.335 e. The maximum atomic E-state index is 12.9. The SMILES string of the molecule is C=CC(=O)Oc1ccc(/C=C/C(=O)c2ccc(OC(=O)C=C)cc2OC(=O)C=C)c(OC(=O)C=C)c1. The number of rotatable bonds is 11. The van der Waals surface area contributed by atoms with Crippen molar-refractivity contribution in [2.24, 2.45) is 0 Å². The highest BCUT2D eigenvalue weighted by Crippen LogP contribution is 2.29. The third-order valence-corrected chi connectivity index (χ3v) is 4.14. The van der Waals surface area contributed by atoms with Crippen LogP contribution in [0.2, 0.25) is 0 Å². The summed E-state index contributed by atoms with van der Waals surface area (Å²) in [6.45, 7) is 13.2. The molecule has 2 aromatic carbocycles. The quantitative estimate of drug-likeness (QED) is 0.200. The molecule has 0 unspecified atom stereocenters.